The van der Waals surface area contributed by atoms with E-state index in [-0.39, 0.29) is 24.4 Å². The van der Waals surface area contributed by atoms with Crippen LogP contribution in [0.3, 0.4) is 0 Å². The normalized spacial score (nSPS) is 15.8. The molecule has 4 heteroatoms. The Bertz CT molecular complexity index is 669. The van der Waals surface area contributed by atoms with E-state index in [0.717, 1.165) is 45.2 Å². The fourth-order valence-electron chi connectivity index (χ4n) is 3.82. The van der Waals surface area contributed by atoms with Crippen LogP contribution in [0.4, 0.5) is 0 Å². The van der Waals surface area contributed by atoms with Gasteiger partial charge in [-0.25, -0.2) is 0 Å². The molecule has 0 aromatic heterocycles. The minimum Gasteiger partial charge on any atom is -0.343 e. The van der Waals surface area contributed by atoms with Gasteiger partial charge in [0.05, 0.1) is 0 Å². The van der Waals surface area contributed by atoms with Crippen molar-refractivity contribution in [1.29, 1.82) is 0 Å². The summed E-state index contributed by atoms with van der Waals surface area (Å²) in [4.78, 5) is 14.5. The van der Waals surface area contributed by atoms with E-state index in [9.17, 15) is 4.79 Å². The van der Waals surface area contributed by atoms with Gasteiger partial charge in [0, 0.05) is 25.6 Å². The Morgan fingerprint density at radius 3 is 2.11 bits per heavy atom. The number of carbonyl (C=O) groups is 1. The predicted molar refractivity (Wildman–Crippen MR) is 114 cm³/mol. The molecule has 1 heterocycles. The maximum atomic E-state index is 12.5. The third kappa shape index (κ3) is 7.00. The van der Waals surface area contributed by atoms with Gasteiger partial charge in [-0.05, 0) is 49.1 Å². The number of amides is 1. The molecule has 0 saturated carbocycles. The van der Waals surface area contributed by atoms with E-state index in [1.807, 2.05) is 23.1 Å². The average Bonchev–Trinajstić information content (AvgIpc) is 2.68. The van der Waals surface area contributed by atoms with Crippen molar-refractivity contribution in [2.75, 3.05) is 13.1 Å². The van der Waals surface area contributed by atoms with Crippen LogP contribution < -0.4 is 5.73 Å². The smallest absolute Gasteiger partial charge is 0.222 e. The van der Waals surface area contributed by atoms with Crippen molar-refractivity contribution in [3.8, 4) is 0 Å². The molecule has 0 spiro atoms. The lowest BCUT2D eigenvalue weighted by Crippen LogP contribution is -2.39. The van der Waals surface area contributed by atoms with Gasteiger partial charge in [-0.2, -0.15) is 0 Å². The summed E-state index contributed by atoms with van der Waals surface area (Å²) in [6.45, 7) is 1.79. The minimum absolute atomic E-state index is 0. The molecule has 1 atom stereocenters. The summed E-state index contributed by atoms with van der Waals surface area (Å²) in [6.07, 6.45) is 5.51. The molecule has 0 unspecified atom stereocenters. The predicted octanol–water partition coefficient (Wildman–Crippen LogP) is 4.24. The lowest BCUT2D eigenvalue weighted by Gasteiger charge is -2.32. The number of hydrogen-bond donors (Lipinski definition) is 1. The van der Waals surface area contributed by atoms with Crippen LogP contribution in [0.1, 0.15) is 36.8 Å². The summed E-state index contributed by atoms with van der Waals surface area (Å²) in [5, 5.41) is 0. The van der Waals surface area contributed by atoms with Crippen LogP contribution in [-0.4, -0.2) is 29.9 Å². The molecule has 3 nitrogen and oxygen atoms in total. The second kappa shape index (κ2) is 11.1. The SMILES string of the molecule is Cl.N[C@@H](CCC(=O)N1CCC(Cc2ccccc2)CC1)Cc1ccccc1. The number of benzene rings is 2. The highest BCUT2D eigenvalue weighted by atomic mass is 35.5. The Hall–Kier alpha value is -1.84. The first-order chi connectivity index (χ1) is 12.7. The van der Waals surface area contributed by atoms with Crippen LogP contribution in [-0.2, 0) is 17.6 Å². The van der Waals surface area contributed by atoms with Crippen LogP contribution in [0.5, 0.6) is 0 Å². The molecular formula is C23H31ClN2O. The van der Waals surface area contributed by atoms with Gasteiger partial charge < -0.3 is 10.6 Å². The summed E-state index contributed by atoms with van der Waals surface area (Å²) in [6, 6.07) is 21.0. The Morgan fingerprint density at radius 2 is 1.52 bits per heavy atom. The molecule has 2 N–H and O–H groups in total. The lowest BCUT2D eigenvalue weighted by atomic mass is 9.90. The number of piperidine rings is 1. The first kappa shape index (κ1) is 21.5. The highest BCUT2D eigenvalue weighted by molar-refractivity contribution is 5.85. The molecule has 1 saturated heterocycles. The van der Waals surface area contributed by atoms with Crippen molar-refractivity contribution in [2.24, 2.45) is 11.7 Å². The van der Waals surface area contributed by atoms with Crippen molar-refractivity contribution in [1.82, 2.24) is 4.90 Å². The first-order valence-corrected chi connectivity index (χ1v) is 9.82. The van der Waals surface area contributed by atoms with Gasteiger partial charge in [-0.3, -0.25) is 4.79 Å². The third-order valence-electron chi connectivity index (χ3n) is 5.40. The van der Waals surface area contributed by atoms with Crippen molar-refractivity contribution in [3.63, 3.8) is 0 Å². The van der Waals surface area contributed by atoms with E-state index >= 15 is 0 Å². The molecule has 1 amide bonds. The molecule has 0 aliphatic carbocycles. The Kier molecular flexibility index (Phi) is 8.83. The molecule has 27 heavy (non-hydrogen) atoms. The van der Waals surface area contributed by atoms with Gasteiger partial charge in [0.1, 0.15) is 0 Å². The maximum Gasteiger partial charge on any atom is 0.222 e. The van der Waals surface area contributed by atoms with E-state index in [2.05, 4.69) is 42.5 Å². The number of halogens is 1. The summed E-state index contributed by atoms with van der Waals surface area (Å²) >= 11 is 0. The number of carbonyl (C=O) groups excluding carboxylic acids is 1. The van der Waals surface area contributed by atoms with Crippen molar-refractivity contribution < 1.29 is 4.79 Å². The van der Waals surface area contributed by atoms with E-state index in [4.69, 9.17) is 5.73 Å². The van der Waals surface area contributed by atoms with E-state index < -0.39 is 0 Å². The van der Waals surface area contributed by atoms with Crippen LogP contribution in [0.25, 0.3) is 0 Å². The zero-order valence-corrected chi connectivity index (χ0v) is 16.7. The number of likely N-dealkylation sites (tertiary alicyclic amines) is 1. The highest BCUT2D eigenvalue weighted by Gasteiger charge is 2.23. The Morgan fingerprint density at radius 1 is 0.963 bits per heavy atom. The summed E-state index contributed by atoms with van der Waals surface area (Å²) in [5.74, 6) is 0.966. The quantitative estimate of drug-likeness (QED) is 0.773. The third-order valence-corrected chi connectivity index (χ3v) is 5.40. The van der Waals surface area contributed by atoms with Gasteiger partial charge in [0.2, 0.25) is 5.91 Å². The molecule has 2 aromatic rings. The first-order valence-electron chi connectivity index (χ1n) is 9.82. The van der Waals surface area contributed by atoms with Crippen molar-refractivity contribution >= 4 is 18.3 Å². The molecular weight excluding hydrogens is 356 g/mol. The average molecular weight is 387 g/mol. The number of nitrogens with zero attached hydrogens (tertiary/aromatic N) is 1. The van der Waals surface area contributed by atoms with Gasteiger partial charge in [-0.15, -0.1) is 12.4 Å². The van der Waals surface area contributed by atoms with Gasteiger partial charge in [0.15, 0.2) is 0 Å². The molecule has 1 aliphatic rings. The van der Waals surface area contributed by atoms with E-state index in [1.54, 1.807) is 0 Å². The van der Waals surface area contributed by atoms with Gasteiger partial charge in [-0.1, -0.05) is 60.7 Å². The summed E-state index contributed by atoms with van der Waals surface area (Å²) in [5.41, 5.74) is 8.87. The molecule has 0 radical (unpaired) electrons. The molecule has 2 aromatic carbocycles. The fourth-order valence-corrected chi connectivity index (χ4v) is 3.82. The zero-order valence-electron chi connectivity index (χ0n) is 15.9. The van der Waals surface area contributed by atoms with Gasteiger partial charge in [0.25, 0.3) is 0 Å². The summed E-state index contributed by atoms with van der Waals surface area (Å²) in [7, 11) is 0. The zero-order chi connectivity index (χ0) is 18.2. The summed E-state index contributed by atoms with van der Waals surface area (Å²) < 4.78 is 0. The van der Waals surface area contributed by atoms with Crippen molar-refractivity contribution in [2.45, 2.75) is 44.6 Å². The maximum absolute atomic E-state index is 12.5. The molecule has 1 fully saturated rings. The number of rotatable bonds is 7. The molecule has 146 valence electrons. The molecule has 1 aliphatic heterocycles. The number of nitrogens with two attached hydrogens (primary N) is 1. The highest BCUT2D eigenvalue weighted by Crippen LogP contribution is 2.22. The lowest BCUT2D eigenvalue weighted by molar-refractivity contribution is -0.132. The fraction of sp³-hybridized carbons (Fsp3) is 0.435. The van der Waals surface area contributed by atoms with Crippen LogP contribution in [0.2, 0.25) is 0 Å². The van der Waals surface area contributed by atoms with Gasteiger partial charge >= 0.3 is 0 Å². The minimum atomic E-state index is 0. The molecule has 3 rings (SSSR count). The van der Waals surface area contributed by atoms with Crippen LogP contribution >= 0.6 is 12.4 Å². The number of hydrogen-bond acceptors (Lipinski definition) is 2. The second-order valence-electron chi connectivity index (χ2n) is 7.50. The standard InChI is InChI=1S/C23H30N2O.ClH/c24-22(18-20-9-5-2-6-10-20)11-12-23(26)25-15-13-21(14-16-25)17-19-7-3-1-4-8-19;/h1-10,21-22H,11-18,24H2;1H/t22-;/m0./s1. The van der Waals surface area contributed by atoms with E-state index in [0.29, 0.717) is 12.3 Å². The van der Waals surface area contributed by atoms with Crippen LogP contribution in [0.15, 0.2) is 60.7 Å². The Balaban J connectivity index is 0.00000261. The largest absolute Gasteiger partial charge is 0.343 e. The molecule has 0 bridgehead atoms. The second-order valence-corrected chi connectivity index (χ2v) is 7.50. The van der Waals surface area contributed by atoms with Crippen molar-refractivity contribution in [3.05, 3.63) is 71.8 Å². The topological polar surface area (TPSA) is 46.3 Å². The van der Waals surface area contributed by atoms with Crippen LogP contribution in [0, 0.1) is 5.92 Å². The monoisotopic (exact) mass is 386 g/mol. The van der Waals surface area contributed by atoms with E-state index in [1.165, 1.54) is 11.1 Å². The Labute approximate surface area is 169 Å².